The molecule has 0 bridgehead atoms. The van der Waals surface area contributed by atoms with Crippen molar-refractivity contribution in [3.05, 3.63) is 34.5 Å². The highest BCUT2D eigenvalue weighted by atomic mass is 32.1. The highest BCUT2D eigenvalue weighted by molar-refractivity contribution is 7.07. The van der Waals surface area contributed by atoms with Gasteiger partial charge in [0.05, 0.1) is 37.1 Å². The van der Waals surface area contributed by atoms with Gasteiger partial charge in [-0.15, -0.1) is 11.3 Å². The van der Waals surface area contributed by atoms with Crippen molar-refractivity contribution in [3.63, 3.8) is 0 Å². The lowest BCUT2D eigenvalue weighted by atomic mass is 10.1. The second kappa shape index (κ2) is 6.23. The highest BCUT2D eigenvalue weighted by Gasteiger charge is 2.26. The minimum atomic E-state index is -0.113. The van der Waals surface area contributed by atoms with Crippen LogP contribution in [-0.2, 0) is 18.3 Å². The predicted molar refractivity (Wildman–Crippen MR) is 77.8 cm³/mol. The Morgan fingerprint density at radius 1 is 1.62 bits per heavy atom. The Balaban J connectivity index is 1.56. The Hall–Kier alpha value is -1.93. The lowest BCUT2D eigenvalue weighted by molar-refractivity contribution is -0.0155. The molecular weight excluding hydrogens is 290 g/mol. The van der Waals surface area contributed by atoms with Crippen LogP contribution in [0.15, 0.2) is 23.3 Å². The van der Waals surface area contributed by atoms with Crippen molar-refractivity contribution in [1.82, 2.24) is 25.0 Å². The number of aromatic nitrogens is 3. The summed E-state index contributed by atoms with van der Waals surface area (Å²) in [5.41, 5.74) is 3.63. The third-order valence-corrected chi connectivity index (χ3v) is 3.99. The summed E-state index contributed by atoms with van der Waals surface area (Å²) in [6.07, 6.45) is 3.58. The molecule has 3 rings (SSSR count). The van der Waals surface area contributed by atoms with Crippen LogP contribution in [0.5, 0.6) is 0 Å². The van der Waals surface area contributed by atoms with E-state index in [0.29, 0.717) is 26.2 Å². The van der Waals surface area contributed by atoms with Crippen molar-refractivity contribution in [2.24, 2.45) is 7.05 Å². The number of nitrogens with one attached hydrogen (secondary N) is 1. The summed E-state index contributed by atoms with van der Waals surface area (Å²) in [6, 6.07) is -0.0832. The Morgan fingerprint density at radius 2 is 2.52 bits per heavy atom. The molecule has 21 heavy (non-hydrogen) atoms. The largest absolute Gasteiger partial charge is 0.370 e. The van der Waals surface area contributed by atoms with Crippen molar-refractivity contribution in [2.45, 2.75) is 12.6 Å². The van der Waals surface area contributed by atoms with Gasteiger partial charge in [-0.25, -0.2) is 9.78 Å². The minimum absolute atomic E-state index is 0.0832. The fourth-order valence-electron chi connectivity index (χ4n) is 2.24. The van der Waals surface area contributed by atoms with E-state index < -0.39 is 0 Å². The number of morpholine rings is 1. The number of amides is 2. The van der Waals surface area contributed by atoms with Gasteiger partial charge < -0.3 is 15.0 Å². The molecule has 2 aromatic rings. The Labute approximate surface area is 126 Å². The van der Waals surface area contributed by atoms with Crippen LogP contribution >= 0.6 is 11.3 Å². The number of carbonyl (C=O) groups is 1. The van der Waals surface area contributed by atoms with Gasteiger partial charge in [-0.05, 0) is 0 Å². The predicted octanol–water partition coefficient (Wildman–Crippen LogP) is 1.16. The van der Waals surface area contributed by atoms with Crippen LogP contribution in [0.1, 0.15) is 17.4 Å². The first kappa shape index (κ1) is 14.0. The van der Waals surface area contributed by atoms with Crippen molar-refractivity contribution in [2.75, 3.05) is 19.7 Å². The molecule has 1 atom stereocenters. The molecule has 0 radical (unpaired) electrons. The fourth-order valence-corrected chi connectivity index (χ4v) is 2.80. The Morgan fingerprint density at radius 3 is 3.24 bits per heavy atom. The maximum atomic E-state index is 12.2. The molecule has 1 saturated heterocycles. The van der Waals surface area contributed by atoms with Crippen LogP contribution in [-0.4, -0.2) is 45.4 Å². The number of hydrogen-bond donors (Lipinski definition) is 1. The molecule has 1 aliphatic heterocycles. The van der Waals surface area contributed by atoms with Crippen molar-refractivity contribution in [1.29, 1.82) is 0 Å². The van der Waals surface area contributed by atoms with Crippen LogP contribution in [0.25, 0.3) is 0 Å². The van der Waals surface area contributed by atoms with E-state index in [0.717, 1.165) is 11.3 Å². The van der Waals surface area contributed by atoms with Crippen LogP contribution in [0.4, 0.5) is 4.79 Å². The van der Waals surface area contributed by atoms with E-state index in [1.165, 1.54) is 11.3 Å². The van der Waals surface area contributed by atoms with Gasteiger partial charge in [-0.2, -0.15) is 5.10 Å². The number of urea groups is 1. The Bertz CT molecular complexity index is 597. The van der Waals surface area contributed by atoms with E-state index in [1.54, 1.807) is 21.3 Å². The number of thiazole rings is 1. The molecule has 0 aliphatic carbocycles. The quantitative estimate of drug-likeness (QED) is 0.923. The normalized spacial score (nSPS) is 18.7. The molecule has 1 unspecified atom stereocenters. The average Bonchev–Trinajstić information content (AvgIpc) is 3.16. The number of rotatable bonds is 3. The fraction of sp³-hybridized carbons (Fsp3) is 0.462. The van der Waals surface area contributed by atoms with Crippen LogP contribution in [0, 0.1) is 0 Å². The summed E-state index contributed by atoms with van der Waals surface area (Å²) < 4.78 is 7.46. The molecular formula is C13H17N5O2S. The van der Waals surface area contributed by atoms with Crippen LogP contribution in [0.3, 0.4) is 0 Å². The van der Waals surface area contributed by atoms with Crippen molar-refractivity contribution < 1.29 is 9.53 Å². The van der Waals surface area contributed by atoms with Gasteiger partial charge >= 0.3 is 6.03 Å². The summed E-state index contributed by atoms with van der Waals surface area (Å²) in [5, 5.41) is 8.96. The SMILES string of the molecule is Cn1cc(C2CN(C(=O)NCc3cscn3)CCO2)cn1. The van der Waals surface area contributed by atoms with Crippen LogP contribution < -0.4 is 5.32 Å². The molecule has 8 heteroatoms. The molecule has 112 valence electrons. The third-order valence-electron chi connectivity index (χ3n) is 3.35. The molecule has 1 N–H and O–H groups in total. The van der Waals surface area contributed by atoms with Gasteiger partial charge in [-0.1, -0.05) is 0 Å². The lowest BCUT2D eigenvalue weighted by Crippen LogP contribution is -2.46. The lowest BCUT2D eigenvalue weighted by Gasteiger charge is -2.32. The smallest absolute Gasteiger partial charge is 0.317 e. The van der Waals surface area contributed by atoms with E-state index in [1.807, 2.05) is 18.6 Å². The zero-order chi connectivity index (χ0) is 14.7. The molecule has 2 aromatic heterocycles. The molecule has 0 spiro atoms. The molecule has 3 heterocycles. The first-order valence-corrected chi connectivity index (χ1v) is 7.66. The number of hydrogen-bond acceptors (Lipinski definition) is 5. The van der Waals surface area contributed by atoms with E-state index in [9.17, 15) is 4.79 Å². The minimum Gasteiger partial charge on any atom is -0.370 e. The molecule has 0 saturated carbocycles. The summed E-state index contributed by atoms with van der Waals surface area (Å²) in [6.45, 7) is 2.12. The van der Waals surface area contributed by atoms with Gasteiger partial charge in [0, 0.05) is 30.7 Å². The maximum Gasteiger partial charge on any atom is 0.317 e. The van der Waals surface area contributed by atoms with E-state index >= 15 is 0 Å². The van der Waals surface area contributed by atoms with Gasteiger partial charge in [0.25, 0.3) is 0 Å². The van der Waals surface area contributed by atoms with Gasteiger partial charge in [0.2, 0.25) is 0 Å². The standard InChI is InChI=1S/C13H17N5O2S/c1-17-6-10(4-16-17)12-7-18(2-3-20-12)13(19)14-5-11-8-21-9-15-11/h4,6,8-9,12H,2-3,5,7H2,1H3,(H,14,19). The molecule has 7 nitrogen and oxygen atoms in total. The molecule has 2 amide bonds. The van der Waals surface area contributed by atoms with Gasteiger partial charge in [0.1, 0.15) is 6.10 Å². The van der Waals surface area contributed by atoms with Crippen molar-refractivity contribution in [3.8, 4) is 0 Å². The topological polar surface area (TPSA) is 72.3 Å². The summed E-state index contributed by atoms with van der Waals surface area (Å²) >= 11 is 1.52. The highest BCUT2D eigenvalue weighted by Crippen LogP contribution is 2.21. The van der Waals surface area contributed by atoms with Crippen molar-refractivity contribution >= 4 is 17.4 Å². The van der Waals surface area contributed by atoms with Gasteiger partial charge in [0.15, 0.2) is 0 Å². The summed E-state index contributed by atoms with van der Waals surface area (Å²) in [7, 11) is 1.87. The number of nitrogens with zero attached hydrogens (tertiary/aromatic N) is 4. The zero-order valence-corrected chi connectivity index (χ0v) is 12.5. The number of ether oxygens (including phenoxy) is 1. The second-order valence-electron chi connectivity index (χ2n) is 4.89. The monoisotopic (exact) mass is 307 g/mol. The van der Waals surface area contributed by atoms with E-state index in [-0.39, 0.29) is 12.1 Å². The number of aryl methyl sites for hydroxylation is 1. The van der Waals surface area contributed by atoms with E-state index in [2.05, 4.69) is 15.4 Å². The third kappa shape index (κ3) is 3.40. The zero-order valence-electron chi connectivity index (χ0n) is 11.7. The summed E-state index contributed by atoms with van der Waals surface area (Å²) in [4.78, 5) is 18.1. The molecule has 1 fully saturated rings. The van der Waals surface area contributed by atoms with Gasteiger partial charge in [-0.3, -0.25) is 4.68 Å². The first-order chi connectivity index (χ1) is 10.2. The number of carbonyl (C=O) groups excluding carboxylic acids is 1. The first-order valence-electron chi connectivity index (χ1n) is 6.72. The Kier molecular flexibility index (Phi) is 4.16. The second-order valence-corrected chi connectivity index (χ2v) is 5.61. The average molecular weight is 307 g/mol. The van der Waals surface area contributed by atoms with Crippen LogP contribution in [0.2, 0.25) is 0 Å². The maximum absolute atomic E-state index is 12.2. The molecule has 1 aliphatic rings. The van der Waals surface area contributed by atoms with E-state index in [4.69, 9.17) is 4.74 Å². The summed E-state index contributed by atoms with van der Waals surface area (Å²) in [5.74, 6) is 0. The molecule has 0 aromatic carbocycles.